The van der Waals surface area contributed by atoms with Crippen molar-refractivity contribution in [1.29, 1.82) is 0 Å². The number of rotatable bonds is 7. The van der Waals surface area contributed by atoms with Crippen molar-refractivity contribution >= 4 is 23.0 Å². The van der Waals surface area contributed by atoms with Crippen LogP contribution in [0.15, 0.2) is 55.1 Å². The molecule has 1 aliphatic heterocycles. The summed E-state index contributed by atoms with van der Waals surface area (Å²) in [6.45, 7) is 7.74. The lowest BCUT2D eigenvalue weighted by atomic mass is 10.1. The van der Waals surface area contributed by atoms with Gasteiger partial charge >= 0.3 is 0 Å². The predicted octanol–water partition coefficient (Wildman–Crippen LogP) is 3.88. The predicted molar refractivity (Wildman–Crippen MR) is 107 cm³/mol. The fourth-order valence-corrected chi connectivity index (χ4v) is 2.99. The van der Waals surface area contributed by atoms with E-state index in [0.29, 0.717) is 18.3 Å². The SMILES string of the molecule is C=CCOc1ccccc1CN(C(=S)NCC)c1ccc2c(c1)OCO2. The van der Waals surface area contributed by atoms with Crippen molar-refractivity contribution in [2.45, 2.75) is 13.5 Å². The molecule has 0 unspecified atom stereocenters. The summed E-state index contributed by atoms with van der Waals surface area (Å²) in [5, 5.41) is 3.87. The van der Waals surface area contributed by atoms with Crippen LogP contribution in [0.3, 0.4) is 0 Å². The van der Waals surface area contributed by atoms with Gasteiger partial charge in [-0.3, -0.25) is 0 Å². The Kier molecular flexibility index (Phi) is 5.96. The number of fused-ring (bicyclic) bond motifs is 1. The van der Waals surface area contributed by atoms with E-state index in [1.807, 2.05) is 54.3 Å². The molecule has 0 aliphatic carbocycles. The van der Waals surface area contributed by atoms with Crippen molar-refractivity contribution in [3.05, 3.63) is 60.7 Å². The number of ether oxygens (including phenoxy) is 3. The van der Waals surface area contributed by atoms with Gasteiger partial charge in [0, 0.05) is 23.9 Å². The smallest absolute Gasteiger partial charge is 0.231 e. The Morgan fingerprint density at radius 2 is 2.08 bits per heavy atom. The number of hydrogen-bond donors (Lipinski definition) is 1. The molecular formula is C20H22N2O3S. The highest BCUT2D eigenvalue weighted by Crippen LogP contribution is 2.36. The van der Waals surface area contributed by atoms with E-state index in [0.717, 1.165) is 35.0 Å². The van der Waals surface area contributed by atoms with Crippen LogP contribution < -0.4 is 24.4 Å². The first-order valence-electron chi connectivity index (χ1n) is 8.49. The minimum Gasteiger partial charge on any atom is -0.489 e. The molecule has 0 amide bonds. The second-order valence-electron chi connectivity index (χ2n) is 5.67. The van der Waals surface area contributed by atoms with Gasteiger partial charge in [0.25, 0.3) is 0 Å². The third kappa shape index (κ3) is 4.08. The van der Waals surface area contributed by atoms with E-state index in [-0.39, 0.29) is 6.79 Å². The monoisotopic (exact) mass is 370 g/mol. The minimum absolute atomic E-state index is 0.245. The fourth-order valence-electron chi connectivity index (χ4n) is 2.67. The van der Waals surface area contributed by atoms with E-state index in [2.05, 4.69) is 11.9 Å². The third-order valence-corrected chi connectivity index (χ3v) is 4.26. The van der Waals surface area contributed by atoms with Gasteiger partial charge < -0.3 is 24.4 Å². The molecule has 1 aliphatic rings. The maximum Gasteiger partial charge on any atom is 0.231 e. The van der Waals surface area contributed by atoms with E-state index in [9.17, 15) is 0 Å². The molecule has 1 N–H and O–H groups in total. The quantitative estimate of drug-likeness (QED) is 0.589. The summed E-state index contributed by atoms with van der Waals surface area (Å²) >= 11 is 5.60. The molecule has 2 aromatic carbocycles. The van der Waals surface area contributed by atoms with E-state index in [1.165, 1.54) is 0 Å². The van der Waals surface area contributed by atoms with Crippen molar-refractivity contribution in [1.82, 2.24) is 5.32 Å². The number of hydrogen-bond acceptors (Lipinski definition) is 4. The van der Waals surface area contributed by atoms with Gasteiger partial charge in [-0.15, -0.1) is 0 Å². The molecular weight excluding hydrogens is 348 g/mol. The first kappa shape index (κ1) is 18.1. The maximum atomic E-state index is 5.78. The van der Waals surface area contributed by atoms with Crippen LogP contribution in [0, 0.1) is 0 Å². The molecule has 1 heterocycles. The molecule has 0 saturated heterocycles. The van der Waals surface area contributed by atoms with Gasteiger partial charge in [0.15, 0.2) is 16.6 Å². The Morgan fingerprint density at radius 1 is 1.27 bits per heavy atom. The summed E-state index contributed by atoms with van der Waals surface area (Å²) in [7, 11) is 0. The average molecular weight is 370 g/mol. The number of para-hydroxylation sites is 1. The molecule has 0 aromatic heterocycles. The highest BCUT2D eigenvalue weighted by Gasteiger charge is 2.19. The number of nitrogens with one attached hydrogen (secondary N) is 1. The van der Waals surface area contributed by atoms with Crippen molar-refractivity contribution in [2.24, 2.45) is 0 Å². The van der Waals surface area contributed by atoms with E-state index >= 15 is 0 Å². The van der Waals surface area contributed by atoms with Gasteiger partial charge in [-0.2, -0.15) is 0 Å². The summed E-state index contributed by atoms with van der Waals surface area (Å²) in [5.41, 5.74) is 1.96. The van der Waals surface area contributed by atoms with Gasteiger partial charge in [0.2, 0.25) is 6.79 Å². The zero-order valence-corrected chi connectivity index (χ0v) is 15.6. The summed E-state index contributed by atoms with van der Waals surface area (Å²) < 4.78 is 16.7. The van der Waals surface area contributed by atoms with Gasteiger partial charge in [0.1, 0.15) is 12.4 Å². The molecule has 3 rings (SSSR count). The number of benzene rings is 2. The lowest BCUT2D eigenvalue weighted by Gasteiger charge is -2.27. The largest absolute Gasteiger partial charge is 0.489 e. The minimum atomic E-state index is 0.245. The lowest BCUT2D eigenvalue weighted by molar-refractivity contribution is 0.174. The third-order valence-electron chi connectivity index (χ3n) is 3.90. The molecule has 5 nitrogen and oxygen atoms in total. The van der Waals surface area contributed by atoms with Crippen LogP contribution in [0.25, 0.3) is 0 Å². The Labute approximate surface area is 159 Å². The number of thiocarbonyl (C=S) groups is 1. The first-order valence-corrected chi connectivity index (χ1v) is 8.90. The van der Waals surface area contributed by atoms with Crippen LogP contribution in [0.1, 0.15) is 12.5 Å². The van der Waals surface area contributed by atoms with Gasteiger partial charge in [0.05, 0.1) is 6.54 Å². The maximum absolute atomic E-state index is 5.78. The molecule has 0 saturated carbocycles. The van der Waals surface area contributed by atoms with Crippen LogP contribution in [0.5, 0.6) is 17.2 Å². The van der Waals surface area contributed by atoms with Gasteiger partial charge in [-0.1, -0.05) is 30.9 Å². The van der Waals surface area contributed by atoms with E-state index < -0.39 is 0 Å². The first-order chi connectivity index (χ1) is 12.7. The van der Waals surface area contributed by atoms with Crippen molar-refractivity contribution in [3.8, 4) is 17.2 Å². The van der Waals surface area contributed by atoms with E-state index in [1.54, 1.807) is 6.08 Å². The molecule has 26 heavy (non-hydrogen) atoms. The Hall–Kier alpha value is -2.73. The van der Waals surface area contributed by atoms with Crippen LogP contribution in [-0.2, 0) is 6.54 Å². The standard InChI is InChI=1S/C20H22N2O3S/c1-3-11-23-17-8-6-5-7-15(17)13-22(20(26)21-4-2)16-9-10-18-19(12-16)25-14-24-18/h3,5-10,12H,1,4,11,13-14H2,2H3,(H,21,26). The van der Waals surface area contributed by atoms with Crippen molar-refractivity contribution in [3.63, 3.8) is 0 Å². The summed E-state index contributed by atoms with van der Waals surface area (Å²) in [6, 6.07) is 13.8. The second-order valence-corrected chi connectivity index (χ2v) is 6.05. The number of nitrogens with zero attached hydrogens (tertiary/aromatic N) is 1. The normalized spacial score (nSPS) is 11.7. The second kappa shape index (κ2) is 8.58. The molecule has 2 aromatic rings. The molecule has 0 bridgehead atoms. The van der Waals surface area contributed by atoms with Crippen LogP contribution in [0.4, 0.5) is 5.69 Å². The van der Waals surface area contributed by atoms with E-state index in [4.69, 9.17) is 26.4 Å². The Bertz CT molecular complexity index is 794. The van der Waals surface area contributed by atoms with Gasteiger partial charge in [-0.05, 0) is 37.3 Å². The molecule has 0 fully saturated rings. The molecule has 6 heteroatoms. The summed E-state index contributed by atoms with van der Waals surface area (Å²) in [5.74, 6) is 2.29. The zero-order chi connectivity index (χ0) is 18.4. The molecule has 0 spiro atoms. The average Bonchev–Trinajstić information content (AvgIpc) is 3.13. The zero-order valence-electron chi connectivity index (χ0n) is 14.7. The van der Waals surface area contributed by atoms with Crippen molar-refractivity contribution < 1.29 is 14.2 Å². The highest BCUT2D eigenvalue weighted by atomic mass is 32.1. The summed E-state index contributed by atoms with van der Waals surface area (Å²) in [4.78, 5) is 2.02. The Morgan fingerprint density at radius 3 is 2.88 bits per heavy atom. The molecule has 0 atom stereocenters. The van der Waals surface area contributed by atoms with Crippen molar-refractivity contribution in [2.75, 3.05) is 24.8 Å². The van der Waals surface area contributed by atoms with Crippen LogP contribution >= 0.6 is 12.2 Å². The summed E-state index contributed by atoms with van der Waals surface area (Å²) in [6.07, 6.45) is 1.73. The molecule has 0 radical (unpaired) electrons. The fraction of sp³-hybridized carbons (Fsp3) is 0.250. The molecule has 136 valence electrons. The number of anilines is 1. The van der Waals surface area contributed by atoms with Crippen LogP contribution in [-0.4, -0.2) is 25.1 Å². The topological polar surface area (TPSA) is 43.0 Å². The Balaban J connectivity index is 1.90. The lowest BCUT2D eigenvalue weighted by Crippen LogP contribution is -2.39. The van der Waals surface area contributed by atoms with Crippen LogP contribution in [0.2, 0.25) is 0 Å². The highest BCUT2D eigenvalue weighted by molar-refractivity contribution is 7.80. The van der Waals surface area contributed by atoms with Gasteiger partial charge in [-0.25, -0.2) is 0 Å².